The number of benzene rings is 1. The van der Waals surface area contributed by atoms with Gasteiger partial charge in [0.2, 0.25) is 5.91 Å². The van der Waals surface area contributed by atoms with E-state index in [2.05, 4.69) is 15.9 Å². The number of nitrogens with zero attached hydrogens (tertiary/aromatic N) is 1. The highest BCUT2D eigenvalue weighted by Crippen LogP contribution is 2.25. The fraction of sp³-hybridized carbons (Fsp3) is 0.273. The predicted molar refractivity (Wildman–Crippen MR) is 60.9 cm³/mol. The summed E-state index contributed by atoms with van der Waals surface area (Å²) in [5, 5.41) is 0. The molecule has 1 aliphatic heterocycles. The van der Waals surface area contributed by atoms with Crippen molar-refractivity contribution in [1.29, 1.82) is 0 Å². The molecule has 3 nitrogen and oxygen atoms in total. The summed E-state index contributed by atoms with van der Waals surface area (Å²) in [5.41, 5.74) is 1.89. The second-order valence-electron chi connectivity index (χ2n) is 3.63. The van der Waals surface area contributed by atoms with Gasteiger partial charge in [0, 0.05) is 10.2 Å². The summed E-state index contributed by atoms with van der Waals surface area (Å²) in [6.45, 7) is 2.18. The number of carbonyl (C=O) groups is 2. The molecule has 0 aromatic heterocycles. The number of hydrogen-bond donors (Lipinski definition) is 0. The molecule has 1 saturated heterocycles. The number of anilines is 1. The van der Waals surface area contributed by atoms with Crippen molar-refractivity contribution in [2.75, 3.05) is 11.4 Å². The van der Waals surface area contributed by atoms with Gasteiger partial charge >= 0.3 is 0 Å². The van der Waals surface area contributed by atoms with Gasteiger partial charge in [-0.2, -0.15) is 0 Å². The van der Waals surface area contributed by atoms with E-state index in [0.29, 0.717) is 0 Å². The van der Waals surface area contributed by atoms with Crippen molar-refractivity contribution >= 4 is 33.3 Å². The van der Waals surface area contributed by atoms with Crippen LogP contribution in [0.1, 0.15) is 12.0 Å². The number of halogens is 1. The fourth-order valence-electron chi connectivity index (χ4n) is 1.57. The lowest BCUT2D eigenvalue weighted by molar-refractivity contribution is -0.121. The zero-order valence-corrected chi connectivity index (χ0v) is 9.87. The average molecular weight is 268 g/mol. The first kappa shape index (κ1) is 10.4. The van der Waals surface area contributed by atoms with E-state index in [1.165, 1.54) is 4.90 Å². The molecule has 0 bridgehead atoms. The topological polar surface area (TPSA) is 37.4 Å². The number of hydrogen-bond acceptors (Lipinski definition) is 2. The van der Waals surface area contributed by atoms with Gasteiger partial charge in [-0.3, -0.25) is 9.59 Å². The van der Waals surface area contributed by atoms with Crippen molar-refractivity contribution in [2.24, 2.45) is 0 Å². The van der Waals surface area contributed by atoms with Crippen LogP contribution in [0.25, 0.3) is 0 Å². The van der Waals surface area contributed by atoms with E-state index < -0.39 is 0 Å². The van der Waals surface area contributed by atoms with Crippen LogP contribution in [0.5, 0.6) is 0 Å². The van der Waals surface area contributed by atoms with Gasteiger partial charge in [0.25, 0.3) is 0 Å². The summed E-state index contributed by atoms with van der Waals surface area (Å²) in [6, 6.07) is 5.65. The molecule has 0 spiro atoms. The van der Waals surface area contributed by atoms with E-state index in [1.54, 1.807) is 0 Å². The highest BCUT2D eigenvalue weighted by atomic mass is 79.9. The summed E-state index contributed by atoms with van der Waals surface area (Å²) < 4.78 is 0.951. The number of amides is 1. The molecule has 1 fully saturated rings. The smallest absolute Gasteiger partial charge is 0.234 e. The molecule has 78 valence electrons. The molecular weight excluding hydrogens is 258 g/mol. The fourth-order valence-corrected chi connectivity index (χ4v) is 1.94. The third-order valence-electron chi connectivity index (χ3n) is 2.45. The van der Waals surface area contributed by atoms with Crippen LogP contribution in [0.4, 0.5) is 5.69 Å². The molecule has 0 N–H and O–H groups in total. The molecule has 0 atom stereocenters. The molecule has 0 unspecified atom stereocenters. The van der Waals surface area contributed by atoms with Gasteiger partial charge < -0.3 is 4.90 Å². The van der Waals surface area contributed by atoms with Crippen LogP contribution in [0.3, 0.4) is 0 Å². The zero-order valence-electron chi connectivity index (χ0n) is 8.29. The maximum atomic E-state index is 11.5. The Morgan fingerprint density at radius 3 is 2.60 bits per heavy atom. The first-order valence-electron chi connectivity index (χ1n) is 4.66. The largest absolute Gasteiger partial charge is 0.305 e. The molecule has 15 heavy (non-hydrogen) atoms. The molecule has 1 aromatic carbocycles. The number of Topliss-reactive ketones (excluding diaryl/α,β-unsaturated/α-hetero) is 1. The van der Waals surface area contributed by atoms with E-state index >= 15 is 0 Å². The van der Waals surface area contributed by atoms with E-state index in [9.17, 15) is 9.59 Å². The molecule has 4 heteroatoms. The Morgan fingerprint density at radius 1 is 1.33 bits per heavy atom. The molecule has 1 heterocycles. The second kappa shape index (κ2) is 3.77. The van der Waals surface area contributed by atoms with Gasteiger partial charge in [-0.15, -0.1) is 0 Å². The van der Waals surface area contributed by atoms with Crippen LogP contribution >= 0.6 is 15.9 Å². The quantitative estimate of drug-likeness (QED) is 0.731. The Kier molecular flexibility index (Phi) is 2.61. The number of aryl methyl sites for hydroxylation is 1. The van der Waals surface area contributed by atoms with Crippen LogP contribution in [-0.4, -0.2) is 18.2 Å². The molecule has 1 amide bonds. The van der Waals surface area contributed by atoms with E-state index in [0.717, 1.165) is 15.7 Å². The van der Waals surface area contributed by atoms with Crippen molar-refractivity contribution < 1.29 is 9.59 Å². The third kappa shape index (κ3) is 1.95. The lowest BCUT2D eigenvalue weighted by atomic mass is 10.2. The summed E-state index contributed by atoms with van der Waals surface area (Å²) in [4.78, 5) is 24.1. The Hall–Kier alpha value is -1.16. The van der Waals surface area contributed by atoms with Gasteiger partial charge in [0.15, 0.2) is 5.78 Å². The van der Waals surface area contributed by atoms with Crippen molar-refractivity contribution in [1.82, 2.24) is 0 Å². The van der Waals surface area contributed by atoms with Gasteiger partial charge in [-0.05, 0) is 24.6 Å². The van der Waals surface area contributed by atoms with Crippen LogP contribution in [0.2, 0.25) is 0 Å². The maximum Gasteiger partial charge on any atom is 0.234 e. The Balaban J connectivity index is 2.34. The van der Waals surface area contributed by atoms with Crippen molar-refractivity contribution in [2.45, 2.75) is 13.3 Å². The monoisotopic (exact) mass is 267 g/mol. The summed E-state index contributed by atoms with van der Waals surface area (Å²) in [6.07, 6.45) is 0.0332. The number of carbonyl (C=O) groups excluding carboxylic acids is 2. The SMILES string of the molecule is Cc1ccc(N2CC(=O)CC2=O)cc1Br. The highest BCUT2D eigenvalue weighted by Gasteiger charge is 2.28. The zero-order chi connectivity index (χ0) is 11.0. The summed E-state index contributed by atoms with van der Waals surface area (Å²) in [7, 11) is 0. The molecule has 2 rings (SSSR count). The van der Waals surface area contributed by atoms with Crippen molar-refractivity contribution in [3.8, 4) is 0 Å². The average Bonchev–Trinajstić information content (AvgIpc) is 2.50. The first-order chi connectivity index (χ1) is 7.08. The van der Waals surface area contributed by atoms with Crippen LogP contribution < -0.4 is 4.90 Å². The molecule has 1 aromatic rings. The predicted octanol–water partition coefficient (Wildman–Crippen LogP) is 2.06. The Morgan fingerprint density at radius 2 is 2.07 bits per heavy atom. The third-order valence-corrected chi connectivity index (χ3v) is 3.31. The van der Waals surface area contributed by atoms with Gasteiger partial charge in [0.05, 0.1) is 13.0 Å². The van der Waals surface area contributed by atoms with Gasteiger partial charge in [-0.1, -0.05) is 22.0 Å². The van der Waals surface area contributed by atoms with Crippen LogP contribution in [0, 0.1) is 6.92 Å². The number of ketones is 1. The molecule has 0 aliphatic carbocycles. The maximum absolute atomic E-state index is 11.5. The molecular formula is C11H10BrNO2. The van der Waals surface area contributed by atoms with Gasteiger partial charge in [-0.25, -0.2) is 0 Å². The van der Waals surface area contributed by atoms with Crippen molar-refractivity contribution in [3.63, 3.8) is 0 Å². The minimum atomic E-state index is -0.115. The number of rotatable bonds is 1. The standard InChI is InChI=1S/C11H10BrNO2/c1-7-2-3-8(4-10(7)12)13-6-9(14)5-11(13)15/h2-4H,5-6H2,1H3. The summed E-state index contributed by atoms with van der Waals surface area (Å²) >= 11 is 3.41. The van der Waals surface area contributed by atoms with E-state index in [-0.39, 0.29) is 24.7 Å². The lowest BCUT2D eigenvalue weighted by Gasteiger charge is -2.15. The van der Waals surface area contributed by atoms with E-state index in [1.807, 2.05) is 25.1 Å². The van der Waals surface area contributed by atoms with E-state index in [4.69, 9.17) is 0 Å². The lowest BCUT2D eigenvalue weighted by Crippen LogP contribution is -2.24. The highest BCUT2D eigenvalue weighted by molar-refractivity contribution is 9.10. The normalized spacial score (nSPS) is 16.3. The second-order valence-corrected chi connectivity index (χ2v) is 4.48. The van der Waals surface area contributed by atoms with Crippen molar-refractivity contribution in [3.05, 3.63) is 28.2 Å². The summed E-state index contributed by atoms with van der Waals surface area (Å²) in [5.74, 6) is -0.132. The minimum Gasteiger partial charge on any atom is -0.305 e. The first-order valence-corrected chi connectivity index (χ1v) is 5.45. The Bertz CT molecular complexity index is 442. The van der Waals surface area contributed by atoms with Gasteiger partial charge in [0.1, 0.15) is 0 Å². The molecule has 0 saturated carbocycles. The minimum absolute atomic E-state index is 0.0169. The Labute approximate surface area is 96.2 Å². The van der Waals surface area contributed by atoms with Crippen LogP contribution in [-0.2, 0) is 9.59 Å². The van der Waals surface area contributed by atoms with Crippen LogP contribution in [0.15, 0.2) is 22.7 Å². The molecule has 1 aliphatic rings. The molecule has 0 radical (unpaired) electrons.